The normalized spacial score (nSPS) is 12.8. The van der Waals surface area contributed by atoms with Gasteiger partial charge in [-0.3, -0.25) is 4.79 Å². The van der Waals surface area contributed by atoms with Crippen LogP contribution in [0.25, 0.3) is 0 Å². The topological polar surface area (TPSA) is 37.3 Å². The zero-order chi connectivity index (χ0) is 11.0. The Morgan fingerprint density at radius 3 is 2.14 bits per heavy atom. The van der Waals surface area contributed by atoms with E-state index in [1.165, 1.54) is 0 Å². The fraction of sp³-hybridized carbons (Fsp3) is 0.889. The Morgan fingerprint density at radius 2 is 1.64 bits per heavy atom. The molecule has 0 unspecified atom stereocenters. The Morgan fingerprint density at radius 1 is 1.14 bits per heavy atom. The van der Waals surface area contributed by atoms with Gasteiger partial charge in [-0.1, -0.05) is 49.1 Å². The highest BCUT2D eigenvalue weighted by atomic mass is 36.0. The molecule has 2 nitrogen and oxygen atoms in total. The van der Waals surface area contributed by atoms with Crippen molar-refractivity contribution in [1.82, 2.24) is 0 Å². The summed E-state index contributed by atoms with van der Waals surface area (Å²) in [5, 5.41) is 8.39. The molecule has 0 rings (SSSR count). The summed E-state index contributed by atoms with van der Waals surface area (Å²) < 4.78 is 0. The lowest BCUT2D eigenvalue weighted by Gasteiger charge is -2.17. The zero-order valence-electron chi connectivity index (χ0n) is 8.47. The lowest BCUT2D eigenvalue weighted by atomic mass is 10.1. The number of aliphatic carboxylic acids is 1. The molecule has 0 radical (unpaired) electrons. The van der Waals surface area contributed by atoms with E-state index in [2.05, 4.69) is 0 Å². The van der Waals surface area contributed by atoms with E-state index in [9.17, 15) is 4.79 Å². The van der Waals surface area contributed by atoms with Gasteiger partial charge in [0.2, 0.25) is 0 Å². The van der Waals surface area contributed by atoms with Gasteiger partial charge < -0.3 is 5.11 Å². The lowest BCUT2D eigenvalue weighted by molar-refractivity contribution is -0.137. The molecule has 14 heavy (non-hydrogen) atoms. The standard InChI is InChI=1S/C9H18Cl2O2S/c1-14(10,11)8-6-4-2-3-5-7-9(12)13/h2-8H2,1H3,(H,12,13). The van der Waals surface area contributed by atoms with Crippen LogP contribution in [0.3, 0.4) is 0 Å². The van der Waals surface area contributed by atoms with Crippen molar-refractivity contribution in [1.29, 1.82) is 0 Å². The largest absolute Gasteiger partial charge is 0.481 e. The molecule has 0 saturated heterocycles. The van der Waals surface area contributed by atoms with Crippen molar-refractivity contribution in [3.8, 4) is 0 Å². The van der Waals surface area contributed by atoms with E-state index in [4.69, 9.17) is 26.5 Å². The van der Waals surface area contributed by atoms with Crippen molar-refractivity contribution in [3.63, 3.8) is 0 Å². The molecule has 0 aromatic carbocycles. The Balaban J connectivity index is 3.11. The van der Waals surface area contributed by atoms with Crippen LogP contribution < -0.4 is 0 Å². The first-order valence-corrected chi connectivity index (χ1v) is 8.65. The predicted molar refractivity (Wildman–Crippen MR) is 65.4 cm³/mol. The second-order valence-corrected chi connectivity index (χ2v) is 10.2. The fourth-order valence-corrected chi connectivity index (χ4v) is 2.53. The Labute approximate surface area is 96.3 Å². The molecule has 0 spiro atoms. The second kappa shape index (κ2) is 7.66. The van der Waals surface area contributed by atoms with Gasteiger partial charge in [0.05, 0.1) is 0 Å². The van der Waals surface area contributed by atoms with E-state index in [1.807, 2.05) is 6.26 Å². The van der Waals surface area contributed by atoms with Crippen LogP contribution in [0.2, 0.25) is 0 Å². The first kappa shape index (κ1) is 14.4. The van der Waals surface area contributed by atoms with Crippen LogP contribution in [0, 0.1) is 0 Å². The Bertz CT molecular complexity index is 169. The minimum absolute atomic E-state index is 0.286. The maximum atomic E-state index is 10.2. The van der Waals surface area contributed by atoms with Crippen molar-refractivity contribution in [2.45, 2.75) is 38.5 Å². The summed E-state index contributed by atoms with van der Waals surface area (Å²) in [5.74, 6) is 0.179. The Hall–Kier alpha value is 0.400. The van der Waals surface area contributed by atoms with Gasteiger partial charge in [-0.25, -0.2) is 0 Å². The van der Waals surface area contributed by atoms with Gasteiger partial charge in [-0.05, 0) is 19.1 Å². The van der Waals surface area contributed by atoms with Crippen molar-refractivity contribution < 1.29 is 9.90 Å². The van der Waals surface area contributed by atoms with Crippen LogP contribution in [-0.2, 0) is 4.79 Å². The van der Waals surface area contributed by atoms with Crippen LogP contribution >= 0.6 is 29.8 Å². The monoisotopic (exact) mass is 260 g/mol. The molecule has 0 bridgehead atoms. The van der Waals surface area contributed by atoms with E-state index < -0.39 is 14.4 Å². The van der Waals surface area contributed by atoms with E-state index in [0.29, 0.717) is 0 Å². The molecule has 0 amide bonds. The Kier molecular flexibility index (Phi) is 7.88. The number of carboxylic acids is 1. The SMILES string of the molecule is CS(Cl)(Cl)CCCCCCCC(=O)O. The summed E-state index contributed by atoms with van der Waals surface area (Å²) in [4.78, 5) is 10.2. The molecule has 0 heterocycles. The average Bonchev–Trinajstić information content (AvgIpc) is 2.00. The van der Waals surface area contributed by atoms with Crippen molar-refractivity contribution in [2.24, 2.45) is 0 Å². The highest BCUT2D eigenvalue weighted by Gasteiger charge is 2.08. The maximum absolute atomic E-state index is 10.2. The lowest BCUT2D eigenvalue weighted by Crippen LogP contribution is -1.94. The van der Waals surface area contributed by atoms with Crippen molar-refractivity contribution in [2.75, 3.05) is 12.0 Å². The number of halogens is 2. The molecular formula is C9H18Cl2O2S. The van der Waals surface area contributed by atoms with Gasteiger partial charge in [0, 0.05) is 12.2 Å². The molecule has 5 heteroatoms. The molecule has 0 aliphatic carbocycles. The van der Waals surface area contributed by atoms with Gasteiger partial charge >= 0.3 is 5.97 Å². The molecule has 1 N–H and O–H groups in total. The van der Waals surface area contributed by atoms with Gasteiger partial charge in [-0.2, -0.15) is 0 Å². The van der Waals surface area contributed by atoms with Gasteiger partial charge in [-0.15, -0.1) is 0 Å². The summed E-state index contributed by atoms with van der Waals surface area (Å²) in [6.45, 7) is 0. The highest BCUT2D eigenvalue weighted by Crippen LogP contribution is 2.55. The van der Waals surface area contributed by atoms with Crippen LogP contribution in [0.1, 0.15) is 38.5 Å². The first-order valence-electron chi connectivity index (χ1n) is 4.79. The molecule has 0 fully saturated rings. The smallest absolute Gasteiger partial charge is 0.303 e. The second-order valence-electron chi connectivity index (χ2n) is 3.49. The van der Waals surface area contributed by atoms with E-state index >= 15 is 0 Å². The summed E-state index contributed by atoms with van der Waals surface area (Å²) in [6.07, 6.45) is 7.16. The van der Waals surface area contributed by atoms with Crippen LogP contribution in [0.15, 0.2) is 0 Å². The first-order chi connectivity index (χ1) is 6.42. The number of unbranched alkanes of at least 4 members (excludes halogenated alkanes) is 4. The molecule has 0 aromatic rings. The summed E-state index contributed by atoms with van der Waals surface area (Å²) in [5.41, 5.74) is 0. The molecule has 0 aliphatic heterocycles. The van der Waals surface area contributed by atoms with Gasteiger partial charge in [0.25, 0.3) is 0 Å². The number of carboxylic acid groups (broad SMARTS) is 1. The quantitative estimate of drug-likeness (QED) is 0.666. The number of rotatable bonds is 8. The molecular weight excluding hydrogens is 243 g/mol. The molecule has 0 atom stereocenters. The fourth-order valence-electron chi connectivity index (χ4n) is 1.16. The third-order valence-electron chi connectivity index (χ3n) is 1.89. The average molecular weight is 261 g/mol. The summed E-state index contributed by atoms with van der Waals surface area (Å²) in [6, 6.07) is 0. The van der Waals surface area contributed by atoms with Crippen molar-refractivity contribution in [3.05, 3.63) is 0 Å². The third kappa shape index (κ3) is 12.4. The minimum Gasteiger partial charge on any atom is -0.481 e. The summed E-state index contributed by atoms with van der Waals surface area (Å²) in [7, 11) is 10.4. The van der Waals surface area contributed by atoms with E-state index in [1.54, 1.807) is 0 Å². The third-order valence-corrected chi connectivity index (χ3v) is 3.82. The molecule has 0 aromatic heterocycles. The van der Waals surface area contributed by atoms with Crippen LogP contribution in [-0.4, -0.2) is 23.1 Å². The zero-order valence-corrected chi connectivity index (χ0v) is 10.8. The van der Waals surface area contributed by atoms with Crippen molar-refractivity contribution >= 4 is 35.8 Å². The minimum atomic E-state index is -1.38. The van der Waals surface area contributed by atoms with E-state index in [-0.39, 0.29) is 6.42 Å². The van der Waals surface area contributed by atoms with Gasteiger partial charge in [0.1, 0.15) is 0 Å². The maximum Gasteiger partial charge on any atom is 0.303 e. The molecule has 0 aliphatic rings. The van der Waals surface area contributed by atoms with Crippen LogP contribution in [0.4, 0.5) is 0 Å². The molecule has 86 valence electrons. The van der Waals surface area contributed by atoms with Gasteiger partial charge in [0.15, 0.2) is 0 Å². The number of carbonyl (C=O) groups is 1. The van der Waals surface area contributed by atoms with E-state index in [0.717, 1.165) is 37.9 Å². The number of hydrogen-bond donors (Lipinski definition) is 1. The predicted octanol–water partition coefficient (Wildman–Crippen LogP) is 4.15. The summed E-state index contributed by atoms with van der Waals surface area (Å²) >= 11 is 0. The molecule has 0 saturated carbocycles. The van der Waals surface area contributed by atoms with Crippen LogP contribution in [0.5, 0.6) is 0 Å². The number of hydrogen-bond acceptors (Lipinski definition) is 1. The highest BCUT2D eigenvalue weighted by molar-refractivity contribution is 8.65.